The Morgan fingerprint density at radius 3 is 2.04 bits per heavy atom. The Labute approximate surface area is 161 Å². The topological polar surface area (TPSA) is 60.4 Å². The van der Waals surface area contributed by atoms with Gasteiger partial charge in [0.05, 0.1) is 12.4 Å². The van der Waals surface area contributed by atoms with Gasteiger partial charge in [-0.15, -0.1) is 0 Å². The lowest BCUT2D eigenvalue weighted by Crippen LogP contribution is -2.56. The Kier molecular flexibility index (Phi) is 4.71. The molecule has 1 aliphatic rings. The zero-order valence-corrected chi connectivity index (χ0v) is 17.3. The largest absolute Gasteiger partial charge is 0.497 e. The fourth-order valence-corrected chi connectivity index (χ4v) is 6.70. The number of ketones is 1. The molecular formula is C22H26O4S. The molecule has 0 amide bonds. The maximum atomic E-state index is 13.9. The van der Waals surface area contributed by atoms with Crippen LogP contribution in [0, 0.1) is 12.3 Å². The molecule has 0 unspecified atom stereocenters. The Morgan fingerprint density at radius 2 is 1.52 bits per heavy atom. The van der Waals surface area contributed by atoms with E-state index in [1.807, 2.05) is 31.2 Å². The molecule has 0 bridgehead atoms. The first kappa shape index (κ1) is 19.6. The van der Waals surface area contributed by atoms with Crippen molar-refractivity contribution in [3.63, 3.8) is 0 Å². The molecule has 2 atom stereocenters. The molecule has 1 heterocycles. The molecular weight excluding hydrogens is 360 g/mol. The summed E-state index contributed by atoms with van der Waals surface area (Å²) in [4.78, 5) is 13.1. The van der Waals surface area contributed by atoms with E-state index in [2.05, 4.69) is 0 Å². The van der Waals surface area contributed by atoms with Gasteiger partial charge in [0.2, 0.25) is 0 Å². The van der Waals surface area contributed by atoms with Crippen LogP contribution in [0.25, 0.3) is 0 Å². The van der Waals surface area contributed by atoms with Crippen molar-refractivity contribution in [2.24, 2.45) is 5.41 Å². The molecule has 1 saturated heterocycles. The average molecular weight is 387 g/mol. The minimum atomic E-state index is -3.70. The number of hydrogen-bond donors (Lipinski definition) is 0. The smallest absolute Gasteiger partial charge is 0.168 e. The Morgan fingerprint density at radius 1 is 0.963 bits per heavy atom. The van der Waals surface area contributed by atoms with Gasteiger partial charge in [-0.3, -0.25) is 4.79 Å². The summed E-state index contributed by atoms with van der Waals surface area (Å²) >= 11 is 0. The summed E-state index contributed by atoms with van der Waals surface area (Å²) < 4.78 is 31.6. The van der Waals surface area contributed by atoms with Crippen LogP contribution in [0.5, 0.6) is 5.75 Å². The molecule has 0 radical (unpaired) electrons. The predicted octanol–water partition coefficient (Wildman–Crippen LogP) is 4.37. The van der Waals surface area contributed by atoms with Gasteiger partial charge in [-0.25, -0.2) is 8.42 Å². The minimum absolute atomic E-state index is 0.00411. The molecule has 144 valence electrons. The van der Waals surface area contributed by atoms with Crippen molar-refractivity contribution in [2.75, 3.05) is 7.11 Å². The van der Waals surface area contributed by atoms with Crippen LogP contribution in [-0.2, 0) is 19.4 Å². The summed E-state index contributed by atoms with van der Waals surface area (Å²) in [5, 5.41) is -0.842. The highest BCUT2D eigenvalue weighted by Crippen LogP contribution is 2.56. The van der Waals surface area contributed by atoms with Crippen molar-refractivity contribution in [3.8, 4) is 5.75 Å². The number of benzene rings is 2. The number of carbonyl (C=O) groups is 1. The summed E-state index contributed by atoms with van der Waals surface area (Å²) in [5.74, 6) is 0.607. The molecule has 5 heteroatoms. The fraction of sp³-hybridized carbons (Fsp3) is 0.409. The summed E-state index contributed by atoms with van der Waals surface area (Å²) in [5.41, 5.74) is 1.29. The molecule has 2 aromatic carbocycles. The Balaban J connectivity index is 2.21. The van der Waals surface area contributed by atoms with Crippen LogP contribution in [0.4, 0.5) is 0 Å². The van der Waals surface area contributed by atoms with Gasteiger partial charge in [0.25, 0.3) is 0 Å². The van der Waals surface area contributed by atoms with E-state index in [9.17, 15) is 13.2 Å². The van der Waals surface area contributed by atoms with Crippen LogP contribution < -0.4 is 4.74 Å². The third kappa shape index (κ3) is 2.80. The van der Waals surface area contributed by atoms with Crippen molar-refractivity contribution in [1.29, 1.82) is 0 Å². The van der Waals surface area contributed by atoms with Crippen LogP contribution in [0.2, 0.25) is 0 Å². The average Bonchev–Trinajstić information content (AvgIpc) is 2.64. The highest BCUT2D eigenvalue weighted by atomic mass is 32.2. The molecule has 0 saturated carbocycles. The number of aryl methyl sites for hydroxylation is 1. The second kappa shape index (κ2) is 6.48. The van der Waals surface area contributed by atoms with E-state index >= 15 is 0 Å². The third-order valence-electron chi connectivity index (χ3n) is 6.29. The van der Waals surface area contributed by atoms with Crippen LogP contribution in [0.3, 0.4) is 0 Å². The lowest BCUT2D eigenvalue weighted by atomic mass is 9.70. The Hall–Kier alpha value is -2.14. The standard InChI is InChI=1S/C22H26O4S/c1-15-6-8-16(9-7-15)19-14-20(23)21(2,3)22(4,27(19,24)25)17-10-12-18(26-5)13-11-17/h6-13,19H,14H2,1-5H3/t19-,22-/m1/s1. The Bertz CT molecular complexity index is 956. The maximum Gasteiger partial charge on any atom is 0.168 e. The lowest BCUT2D eigenvalue weighted by molar-refractivity contribution is -0.129. The first-order chi connectivity index (χ1) is 12.6. The van der Waals surface area contributed by atoms with E-state index in [-0.39, 0.29) is 12.2 Å². The molecule has 27 heavy (non-hydrogen) atoms. The predicted molar refractivity (Wildman–Crippen MR) is 107 cm³/mol. The minimum Gasteiger partial charge on any atom is -0.497 e. The van der Waals surface area contributed by atoms with Gasteiger partial charge in [-0.05, 0) is 37.1 Å². The van der Waals surface area contributed by atoms with E-state index in [1.165, 1.54) is 0 Å². The van der Waals surface area contributed by atoms with Crippen molar-refractivity contribution < 1.29 is 17.9 Å². The molecule has 3 rings (SSSR count). The quantitative estimate of drug-likeness (QED) is 0.786. The third-order valence-corrected chi connectivity index (χ3v) is 9.37. The number of rotatable bonds is 3. The molecule has 0 aromatic heterocycles. The molecule has 1 fully saturated rings. The van der Waals surface area contributed by atoms with Gasteiger partial charge in [0, 0.05) is 11.8 Å². The number of ether oxygens (including phenoxy) is 1. The summed E-state index contributed by atoms with van der Waals surface area (Å²) in [6, 6.07) is 14.4. The van der Waals surface area contributed by atoms with Crippen LogP contribution in [0.15, 0.2) is 48.5 Å². The monoisotopic (exact) mass is 386 g/mol. The molecule has 4 nitrogen and oxygen atoms in total. The summed E-state index contributed by atoms with van der Waals surface area (Å²) in [7, 11) is -2.14. The van der Waals surface area contributed by atoms with Gasteiger partial charge in [0.15, 0.2) is 9.84 Å². The second-order valence-electron chi connectivity index (χ2n) is 7.96. The molecule has 0 N–H and O–H groups in total. The molecule has 0 spiro atoms. The van der Waals surface area contributed by atoms with Gasteiger partial charge in [0.1, 0.15) is 16.3 Å². The fourth-order valence-electron chi connectivity index (χ4n) is 3.95. The molecule has 1 aliphatic heterocycles. The van der Waals surface area contributed by atoms with Gasteiger partial charge in [-0.1, -0.05) is 55.8 Å². The van der Waals surface area contributed by atoms with E-state index in [0.717, 1.165) is 5.56 Å². The zero-order valence-electron chi connectivity index (χ0n) is 16.4. The first-order valence-electron chi connectivity index (χ1n) is 9.03. The highest BCUT2D eigenvalue weighted by molar-refractivity contribution is 7.92. The number of Topliss-reactive ketones (excluding diaryl/α,β-unsaturated/α-hetero) is 1. The van der Waals surface area contributed by atoms with Crippen molar-refractivity contribution >= 4 is 15.6 Å². The number of hydrogen-bond acceptors (Lipinski definition) is 4. The van der Waals surface area contributed by atoms with Crippen LogP contribution >= 0.6 is 0 Å². The lowest BCUT2D eigenvalue weighted by Gasteiger charge is -2.48. The highest BCUT2D eigenvalue weighted by Gasteiger charge is 2.62. The maximum absolute atomic E-state index is 13.9. The van der Waals surface area contributed by atoms with Crippen molar-refractivity contribution in [2.45, 2.75) is 44.1 Å². The van der Waals surface area contributed by atoms with Crippen LogP contribution in [0.1, 0.15) is 49.1 Å². The molecule has 0 aliphatic carbocycles. The van der Waals surface area contributed by atoms with Gasteiger partial charge < -0.3 is 4.74 Å². The second-order valence-corrected chi connectivity index (χ2v) is 10.4. The van der Waals surface area contributed by atoms with Gasteiger partial charge >= 0.3 is 0 Å². The zero-order chi connectivity index (χ0) is 20.0. The van der Waals surface area contributed by atoms with Crippen LogP contribution in [-0.4, -0.2) is 21.3 Å². The van der Waals surface area contributed by atoms with Crippen molar-refractivity contribution in [1.82, 2.24) is 0 Å². The van der Waals surface area contributed by atoms with E-state index in [4.69, 9.17) is 4.74 Å². The van der Waals surface area contributed by atoms with Crippen molar-refractivity contribution in [3.05, 3.63) is 65.2 Å². The number of methoxy groups -OCH3 is 1. The molecule has 2 aromatic rings. The van der Waals surface area contributed by atoms with E-state index in [0.29, 0.717) is 16.9 Å². The van der Waals surface area contributed by atoms with Gasteiger partial charge in [-0.2, -0.15) is 0 Å². The summed E-state index contributed by atoms with van der Waals surface area (Å²) in [6.07, 6.45) is 0.00411. The van der Waals surface area contributed by atoms with E-state index in [1.54, 1.807) is 52.1 Å². The SMILES string of the molecule is COc1ccc([C@]2(C)C(C)(C)C(=O)C[C@H](c3ccc(C)cc3)S2(=O)=O)cc1. The summed E-state index contributed by atoms with van der Waals surface area (Å²) in [6.45, 7) is 7.11. The normalized spacial score (nSPS) is 26.6. The number of sulfone groups is 1. The van der Waals surface area contributed by atoms with E-state index < -0.39 is 25.2 Å². The first-order valence-corrected chi connectivity index (χ1v) is 10.6. The number of carbonyl (C=O) groups excluding carboxylic acids is 1.